The number of carbonyl (C=O) groups excluding carboxylic acids is 1. The number of nitrogens with one attached hydrogen (secondary N) is 1. The fraction of sp³-hybridized carbons (Fsp3) is 0.316. The molecular formula is C19H21FN4O2S. The van der Waals surface area contributed by atoms with Gasteiger partial charge in [0.2, 0.25) is 5.91 Å². The van der Waals surface area contributed by atoms with E-state index in [9.17, 15) is 9.18 Å². The van der Waals surface area contributed by atoms with E-state index in [1.807, 2.05) is 17.6 Å². The van der Waals surface area contributed by atoms with E-state index >= 15 is 0 Å². The molecule has 2 aromatic heterocycles. The molecule has 0 unspecified atom stereocenters. The van der Waals surface area contributed by atoms with Crippen molar-refractivity contribution in [1.29, 1.82) is 0 Å². The van der Waals surface area contributed by atoms with Gasteiger partial charge in [-0.05, 0) is 37.1 Å². The fourth-order valence-corrected chi connectivity index (χ4v) is 3.38. The lowest BCUT2D eigenvalue weighted by Crippen LogP contribution is -2.15. The molecule has 142 valence electrons. The summed E-state index contributed by atoms with van der Waals surface area (Å²) in [4.78, 5) is 12.2. The molecule has 0 saturated heterocycles. The highest BCUT2D eigenvalue weighted by Gasteiger charge is 2.19. The molecule has 0 aliphatic carbocycles. The Morgan fingerprint density at radius 2 is 2.15 bits per heavy atom. The lowest BCUT2D eigenvalue weighted by molar-refractivity contribution is -0.113. The van der Waals surface area contributed by atoms with E-state index in [4.69, 9.17) is 4.42 Å². The summed E-state index contributed by atoms with van der Waals surface area (Å²) in [5.41, 5.74) is 1.32. The number of nitrogens with zero attached hydrogens (tertiary/aromatic N) is 3. The SMILES string of the molecule is Cc1occc1-c1nnc(SCC(=O)Nc2cccc(F)c2)n1CC(C)C. The van der Waals surface area contributed by atoms with Gasteiger partial charge in [-0.1, -0.05) is 31.7 Å². The molecule has 0 saturated carbocycles. The summed E-state index contributed by atoms with van der Waals surface area (Å²) in [6, 6.07) is 7.67. The van der Waals surface area contributed by atoms with Crippen molar-refractivity contribution in [1.82, 2.24) is 14.8 Å². The summed E-state index contributed by atoms with van der Waals surface area (Å²) in [5, 5.41) is 11.9. The van der Waals surface area contributed by atoms with Crippen LogP contribution in [0.2, 0.25) is 0 Å². The Morgan fingerprint density at radius 3 is 2.81 bits per heavy atom. The van der Waals surface area contributed by atoms with Crippen LogP contribution in [0.25, 0.3) is 11.4 Å². The summed E-state index contributed by atoms with van der Waals surface area (Å²) < 4.78 is 20.6. The zero-order valence-electron chi connectivity index (χ0n) is 15.4. The standard InChI is InChI=1S/C19H21FN4O2S/c1-12(2)10-24-18(16-7-8-26-13(16)3)22-23-19(24)27-11-17(25)21-15-6-4-5-14(20)9-15/h4-9,12H,10-11H2,1-3H3,(H,21,25). The second-order valence-electron chi connectivity index (χ2n) is 6.55. The van der Waals surface area contributed by atoms with Gasteiger partial charge in [-0.2, -0.15) is 0 Å². The highest BCUT2D eigenvalue weighted by Crippen LogP contribution is 2.28. The minimum atomic E-state index is -0.391. The zero-order valence-corrected chi connectivity index (χ0v) is 16.2. The topological polar surface area (TPSA) is 72.9 Å². The van der Waals surface area contributed by atoms with Gasteiger partial charge in [0.05, 0.1) is 17.6 Å². The number of furan rings is 1. The van der Waals surface area contributed by atoms with Gasteiger partial charge in [0, 0.05) is 12.2 Å². The van der Waals surface area contributed by atoms with Gasteiger partial charge in [0.15, 0.2) is 11.0 Å². The van der Waals surface area contributed by atoms with Crippen molar-refractivity contribution in [2.45, 2.75) is 32.5 Å². The summed E-state index contributed by atoms with van der Waals surface area (Å²) in [5.74, 6) is 1.41. The Balaban J connectivity index is 1.73. The maximum atomic E-state index is 13.2. The van der Waals surface area contributed by atoms with Gasteiger partial charge < -0.3 is 14.3 Å². The van der Waals surface area contributed by atoms with E-state index in [0.717, 1.165) is 23.7 Å². The van der Waals surface area contributed by atoms with E-state index in [1.54, 1.807) is 18.4 Å². The fourth-order valence-electron chi connectivity index (χ4n) is 2.63. The van der Waals surface area contributed by atoms with Gasteiger partial charge in [0.25, 0.3) is 0 Å². The Hall–Kier alpha value is -2.61. The van der Waals surface area contributed by atoms with Gasteiger partial charge in [-0.25, -0.2) is 4.39 Å². The molecule has 6 nitrogen and oxygen atoms in total. The maximum absolute atomic E-state index is 13.2. The summed E-state index contributed by atoms with van der Waals surface area (Å²) in [6.07, 6.45) is 1.62. The van der Waals surface area contributed by atoms with Crippen molar-refractivity contribution in [3.05, 3.63) is 48.2 Å². The molecular weight excluding hydrogens is 367 g/mol. The van der Waals surface area contributed by atoms with E-state index in [0.29, 0.717) is 16.8 Å². The molecule has 8 heteroatoms. The predicted octanol–water partition coefficient (Wildman–Crippen LogP) is 4.37. The van der Waals surface area contributed by atoms with Crippen molar-refractivity contribution in [3.8, 4) is 11.4 Å². The van der Waals surface area contributed by atoms with E-state index in [2.05, 4.69) is 29.4 Å². The Bertz CT molecular complexity index is 935. The monoisotopic (exact) mass is 388 g/mol. The van der Waals surface area contributed by atoms with Crippen LogP contribution in [-0.4, -0.2) is 26.4 Å². The van der Waals surface area contributed by atoms with Crippen molar-refractivity contribution >= 4 is 23.4 Å². The smallest absolute Gasteiger partial charge is 0.234 e. The second-order valence-corrected chi connectivity index (χ2v) is 7.49. The first-order valence-electron chi connectivity index (χ1n) is 8.60. The number of carbonyl (C=O) groups is 1. The number of thioether (sulfide) groups is 1. The van der Waals surface area contributed by atoms with E-state index in [-0.39, 0.29) is 11.7 Å². The Kier molecular flexibility index (Phi) is 5.95. The second kappa shape index (κ2) is 8.39. The van der Waals surface area contributed by atoms with Crippen LogP contribution in [0.5, 0.6) is 0 Å². The van der Waals surface area contributed by atoms with Crippen LogP contribution in [0.4, 0.5) is 10.1 Å². The third kappa shape index (κ3) is 4.77. The molecule has 2 heterocycles. The molecule has 0 spiro atoms. The molecule has 1 aromatic carbocycles. The molecule has 0 aliphatic rings. The number of hydrogen-bond donors (Lipinski definition) is 1. The first-order chi connectivity index (χ1) is 12.9. The van der Waals surface area contributed by atoms with Crippen LogP contribution in [0.3, 0.4) is 0 Å². The third-order valence-electron chi connectivity index (χ3n) is 3.81. The van der Waals surface area contributed by atoms with Crippen molar-refractivity contribution < 1.29 is 13.6 Å². The Morgan fingerprint density at radius 1 is 1.33 bits per heavy atom. The summed E-state index contributed by atoms with van der Waals surface area (Å²) in [7, 11) is 0. The van der Waals surface area contributed by atoms with Crippen molar-refractivity contribution in [2.75, 3.05) is 11.1 Å². The molecule has 3 rings (SSSR count). The number of anilines is 1. The van der Waals surface area contributed by atoms with Crippen LogP contribution >= 0.6 is 11.8 Å². The molecule has 0 radical (unpaired) electrons. The van der Waals surface area contributed by atoms with Gasteiger partial charge in [-0.3, -0.25) is 4.79 Å². The minimum Gasteiger partial charge on any atom is -0.469 e. The number of aryl methyl sites for hydroxylation is 1. The molecule has 0 bridgehead atoms. The average molecular weight is 388 g/mol. The largest absolute Gasteiger partial charge is 0.469 e. The van der Waals surface area contributed by atoms with Gasteiger partial charge >= 0.3 is 0 Å². The predicted molar refractivity (Wildman–Crippen MR) is 103 cm³/mol. The number of rotatable bonds is 7. The Labute approximate surface area is 161 Å². The molecule has 1 amide bonds. The highest BCUT2D eigenvalue weighted by atomic mass is 32.2. The lowest BCUT2D eigenvalue weighted by atomic mass is 10.2. The molecule has 3 aromatic rings. The average Bonchev–Trinajstić information content (AvgIpc) is 3.18. The van der Waals surface area contributed by atoms with E-state index < -0.39 is 5.82 Å². The molecule has 0 aliphatic heterocycles. The van der Waals surface area contributed by atoms with Crippen molar-refractivity contribution in [2.24, 2.45) is 5.92 Å². The minimum absolute atomic E-state index is 0.150. The molecule has 1 N–H and O–H groups in total. The molecule has 0 fully saturated rings. The zero-order chi connectivity index (χ0) is 19.4. The third-order valence-corrected chi connectivity index (χ3v) is 4.77. The van der Waals surface area contributed by atoms with Crippen molar-refractivity contribution in [3.63, 3.8) is 0 Å². The van der Waals surface area contributed by atoms with Gasteiger partial charge in [0.1, 0.15) is 11.6 Å². The van der Waals surface area contributed by atoms with Crippen LogP contribution in [0, 0.1) is 18.7 Å². The first-order valence-corrected chi connectivity index (χ1v) is 9.58. The normalized spacial score (nSPS) is 11.1. The van der Waals surface area contributed by atoms with Crippen LogP contribution in [-0.2, 0) is 11.3 Å². The highest BCUT2D eigenvalue weighted by molar-refractivity contribution is 7.99. The quantitative estimate of drug-likeness (QED) is 0.609. The van der Waals surface area contributed by atoms with Gasteiger partial charge in [-0.15, -0.1) is 10.2 Å². The molecule has 0 atom stereocenters. The number of halogens is 1. The van der Waals surface area contributed by atoms with E-state index in [1.165, 1.54) is 23.9 Å². The van der Waals surface area contributed by atoms with Crippen LogP contribution < -0.4 is 5.32 Å². The van der Waals surface area contributed by atoms with Crippen LogP contribution in [0.15, 0.2) is 46.2 Å². The number of amides is 1. The summed E-state index contributed by atoms with van der Waals surface area (Å²) >= 11 is 1.30. The number of benzene rings is 1. The van der Waals surface area contributed by atoms with Crippen LogP contribution in [0.1, 0.15) is 19.6 Å². The number of aromatic nitrogens is 3. The first kappa shape index (κ1) is 19.2. The summed E-state index contributed by atoms with van der Waals surface area (Å²) in [6.45, 7) is 6.82. The maximum Gasteiger partial charge on any atom is 0.234 e. The molecule has 27 heavy (non-hydrogen) atoms. The lowest BCUT2D eigenvalue weighted by Gasteiger charge is -2.12. The number of hydrogen-bond acceptors (Lipinski definition) is 5.